The van der Waals surface area contributed by atoms with E-state index in [0.29, 0.717) is 18.5 Å². The molecule has 0 aliphatic rings. The molecule has 0 radical (unpaired) electrons. The van der Waals surface area contributed by atoms with Crippen molar-refractivity contribution in [2.24, 2.45) is 5.73 Å². The third kappa shape index (κ3) is 4.44. The normalized spacial score (nSPS) is 9.94. The smallest absolute Gasteiger partial charge is 0.303 e. The number of anilines is 1. The van der Waals surface area contributed by atoms with Crippen LogP contribution >= 0.6 is 15.9 Å². The summed E-state index contributed by atoms with van der Waals surface area (Å²) in [5.74, 6) is -1.29. The second-order valence-corrected chi connectivity index (χ2v) is 4.34. The standard InChI is InChI=1S/C11H13BrN2O3/c12-8-6-7(11(13)17)3-4-9(8)14-5-1-2-10(15)16/h3-4,6,14H,1-2,5H2,(H2,13,17)(H,15,16). The second-order valence-electron chi connectivity index (χ2n) is 3.48. The summed E-state index contributed by atoms with van der Waals surface area (Å²) in [6, 6.07) is 4.97. The predicted molar refractivity (Wildman–Crippen MR) is 68.0 cm³/mol. The van der Waals surface area contributed by atoms with Crippen molar-refractivity contribution in [3.05, 3.63) is 28.2 Å². The Labute approximate surface area is 107 Å². The van der Waals surface area contributed by atoms with Crippen molar-refractivity contribution in [2.45, 2.75) is 12.8 Å². The first-order valence-corrected chi connectivity index (χ1v) is 5.85. The van der Waals surface area contributed by atoms with E-state index in [0.717, 1.165) is 10.2 Å². The zero-order valence-corrected chi connectivity index (χ0v) is 10.7. The topological polar surface area (TPSA) is 92.4 Å². The SMILES string of the molecule is NC(=O)c1ccc(NCCCC(=O)O)c(Br)c1. The molecule has 1 aromatic rings. The molecule has 1 amide bonds. The lowest BCUT2D eigenvalue weighted by Gasteiger charge is -2.08. The van der Waals surface area contributed by atoms with Crippen LogP contribution in [0.25, 0.3) is 0 Å². The fourth-order valence-electron chi connectivity index (χ4n) is 1.27. The second kappa shape index (κ2) is 6.24. The summed E-state index contributed by atoms with van der Waals surface area (Å²) >= 11 is 3.31. The summed E-state index contributed by atoms with van der Waals surface area (Å²) in [7, 11) is 0. The van der Waals surface area contributed by atoms with Crippen LogP contribution in [0.2, 0.25) is 0 Å². The molecule has 4 N–H and O–H groups in total. The molecule has 0 heterocycles. The number of nitrogens with one attached hydrogen (secondary N) is 1. The highest BCUT2D eigenvalue weighted by atomic mass is 79.9. The van der Waals surface area contributed by atoms with E-state index in [1.807, 2.05) is 0 Å². The molecule has 0 unspecified atom stereocenters. The number of carbonyl (C=O) groups is 2. The molecule has 0 aliphatic heterocycles. The number of benzene rings is 1. The molecule has 0 aromatic heterocycles. The molecule has 0 bridgehead atoms. The summed E-state index contributed by atoms with van der Waals surface area (Å²) in [5, 5.41) is 11.5. The molecule has 6 heteroatoms. The van der Waals surface area contributed by atoms with Crippen LogP contribution in [0, 0.1) is 0 Å². The minimum absolute atomic E-state index is 0.129. The van der Waals surface area contributed by atoms with Crippen LogP contribution in [0.1, 0.15) is 23.2 Å². The molecule has 0 fully saturated rings. The van der Waals surface area contributed by atoms with E-state index in [1.54, 1.807) is 18.2 Å². The van der Waals surface area contributed by atoms with Gasteiger partial charge in [-0.2, -0.15) is 0 Å². The van der Waals surface area contributed by atoms with E-state index < -0.39 is 11.9 Å². The number of primary amides is 1. The maximum absolute atomic E-state index is 10.9. The summed E-state index contributed by atoms with van der Waals surface area (Å²) in [6.45, 7) is 0.556. The largest absolute Gasteiger partial charge is 0.481 e. The van der Waals surface area contributed by atoms with Crippen LogP contribution in [-0.2, 0) is 4.79 Å². The number of carboxylic acid groups (broad SMARTS) is 1. The summed E-state index contributed by atoms with van der Waals surface area (Å²) in [4.78, 5) is 21.2. The van der Waals surface area contributed by atoms with Crippen molar-refractivity contribution >= 4 is 33.5 Å². The van der Waals surface area contributed by atoms with Gasteiger partial charge in [-0.25, -0.2) is 0 Å². The average molecular weight is 301 g/mol. The van der Waals surface area contributed by atoms with E-state index in [1.165, 1.54) is 0 Å². The Morgan fingerprint density at radius 2 is 2.12 bits per heavy atom. The van der Waals surface area contributed by atoms with Crippen LogP contribution in [0.15, 0.2) is 22.7 Å². The molecule has 0 saturated heterocycles. The number of rotatable bonds is 6. The molecule has 1 aromatic carbocycles. The third-order valence-corrected chi connectivity index (χ3v) is 2.79. The molecule has 5 nitrogen and oxygen atoms in total. The zero-order valence-electron chi connectivity index (χ0n) is 9.07. The number of carbonyl (C=O) groups excluding carboxylic acids is 1. The maximum atomic E-state index is 10.9. The number of amides is 1. The summed E-state index contributed by atoms with van der Waals surface area (Å²) in [6.07, 6.45) is 0.670. The first kappa shape index (κ1) is 13.5. The minimum atomic E-state index is -0.810. The molecular formula is C11H13BrN2O3. The minimum Gasteiger partial charge on any atom is -0.481 e. The van der Waals surface area contributed by atoms with Gasteiger partial charge in [0.2, 0.25) is 5.91 Å². The maximum Gasteiger partial charge on any atom is 0.303 e. The van der Waals surface area contributed by atoms with Gasteiger partial charge in [0, 0.05) is 28.7 Å². The molecule has 92 valence electrons. The van der Waals surface area contributed by atoms with Gasteiger partial charge in [0.15, 0.2) is 0 Å². The highest BCUT2D eigenvalue weighted by Crippen LogP contribution is 2.23. The van der Waals surface area contributed by atoms with Gasteiger partial charge in [0.1, 0.15) is 0 Å². The van der Waals surface area contributed by atoms with Gasteiger partial charge in [-0.3, -0.25) is 9.59 Å². The van der Waals surface area contributed by atoms with Crippen LogP contribution < -0.4 is 11.1 Å². The Bertz CT molecular complexity index is 435. The lowest BCUT2D eigenvalue weighted by molar-refractivity contribution is -0.137. The predicted octanol–water partition coefficient (Wildman–Crippen LogP) is 1.82. The molecular weight excluding hydrogens is 288 g/mol. The van der Waals surface area contributed by atoms with Crippen molar-refractivity contribution in [3.63, 3.8) is 0 Å². The van der Waals surface area contributed by atoms with Gasteiger partial charge < -0.3 is 16.2 Å². The highest BCUT2D eigenvalue weighted by Gasteiger charge is 2.05. The van der Waals surface area contributed by atoms with Gasteiger partial charge in [-0.05, 0) is 40.5 Å². The third-order valence-electron chi connectivity index (χ3n) is 2.14. The molecule has 0 spiro atoms. The van der Waals surface area contributed by atoms with Crippen LogP contribution in [0.5, 0.6) is 0 Å². The molecule has 0 saturated carbocycles. The van der Waals surface area contributed by atoms with Gasteiger partial charge in [0.05, 0.1) is 0 Å². The van der Waals surface area contributed by atoms with Gasteiger partial charge in [0.25, 0.3) is 0 Å². The highest BCUT2D eigenvalue weighted by molar-refractivity contribution is 9.10. The number of hydrogen-bond acceptors (Lipinski definition) is 3. The Morgan fingerprint density at radius 1 is 1.41 bits per heavy atom. The number of aliphatic carboxylic acids is 1. The number of hydrogen-bond donors (Lipinski definition) is 3. The summed E-state index contributed by atoms with van der Waals surface area (Å²) in [5.41, 5.74) is 6.37. The number of halogens is 1. The Morgan fingerprint density at radius 3 is 2.65 bits per heavy atom. The Balaban J connectivity index is 2.54. The van der Waals surface area contributed by atoms with Crippen molar-refractivity contribution in [2.75, 3.05) is 11.9 Å². The van der Waals surface area contributed by atoms with Gasteiger partial charge in [-0.15, -0.1) is 0 Å². The molecule has 0 atom stereocenters. The average Bonchev–Trinajstić information content (AvgIpc) is 2.25. The van der Waals surface area contributed by atoms with Crippen LogP contribution in [0.3, 0.4) is 0 Å². The fourth-order valence-corrected chi connectivity index (χ4v) is 1.79. The Kier molecular flexibility index (Phi) is 4.96. The number of nitrogens with two attached hydrogens (primary N) is 1. The summed E-state index contributed by atoms with van der Waals surface area (Å²) < 4.78 is 0.726. The Hall–Kier alpha value is -1.56. The first-order valence-electron chi connectivity index (χ1n) is 5.05. The quantitative estimate of drug-likeness (QED) is 0.699. The molecule has 17 heavy (non-hydrogen) atoms. The van der Waals surface area contributed by atoms with E-state index in [-0.39, 0.29) is 6.42 Å². The van der Waals surface area contributed by atoms with E-state index in [4.69, 9.17) is 10.8 Å². The fraction of sp³-hybridized carbons (Fsp3) is 0.273. The van der Waals surface area contributed by atoms with Gasteiger partial charge >= 0.3 is 5.97 Å². The van der Waals surface area contributed by atoms with E-state index in [9.17, 15) is 9.59 Å². The van der Waals surface area contributed by atoms with Crippen molar-refractivity contribution in [3.8, 4) is 0 Å². The molecule has 0 aliphatic carbocycles. The lowest BCUT2D eigenvalue weighted by Crippen LogP contribution is -2.11. The number of carboxylic acids is 1. The van der Waals surface area contributed by atoms with E-state index >= 15 is 0 Å². The van der Waals surface area contributed by atoms with Gasteiger partial charge in [-0.1, -0.05) is 0 Å². The van der Waals surface area contributed by atoms with Crippen molar-refractivity contribution in [1.29, 1.82) is 0 Å². The van der Waals surface area contributed by atoms with Crippen molar-refractivity contribution in [1.82, 2.24) is 0 Å². The van der Waals surface area contributed by atoms with Crippen LogP contribution in [0.4, 0.5) is 5.69 Å². The zero-order chi connectivity index (χ0) is 12.8. The monoisotopic (exact) mass is 300 g/mol. The van der Waals surface area contributed by atoms with Crippen molar-refractivity contribution < 1.29 is 14.7 Å². The molecule has 1 rings (SSSR count). The first-order chi connectivity index (χ1) is 8.00. The van der Waals surface area contributed by atoms with E-state index in [2.05, 4.69) is 21.2 Å². The lowest BCUT2D eigenvalue weighted by atomic mass is 10.2. The van der Waals surface area contributed by atoms with Crippen LogP contribution in [-0.4, -0.2) is 23.5 Å².